The minimum atomic E-state index is -0.936. The second-order valence-corrected chi connectivity index (χ2v) is 4.27. The fourth-order valence-electron chi connectivity index (χ4n) is 1.84. The van der Waals surface area contributed by atoms with Gasteiger partial charge in [0.2, 0.25) is 5.95 Å². The van der Waals surface area contributed by atoms with E-state index < -0.39 is 17.2 Å². The molecule has 2 rings (SSSR count). The van der Waals surface area contributed by atoms with Crippen LogP contribution in [0.5, 0.6) is 0 Å². The van der Waals surface area contributed by atoms with Gasteiger partial charge in [0, 0.05) is 13.1 Å². The van der Waals surface area contributed by atoms with Crippen LogP contribution in [-0.2, 0) is 11.3 Å². The van der Waals surface area contributed by atoms with Crippen LogP contribution in [0.1, 0.15) is 19.8 Å². The lowest BCUT2D eigenvalue weighted by atomic mass is 10.4. The smallest absolute Gasteiger partial charge is 0.330 e. The summed E-state index contributed by atoms with van der Waals surface area (Å²) in [4.78, 5) is 42.9. The van der Waals surface area contributed by atoms with E-state index >= 15 is 0 Å². The summed E-state index contributed by atoms with van der Waals surface area (Å²) in [5.41, 5.74) is -0.599. The Kier molecular flexibility index (Phi) is 3.87. The predicted octanol–water partition coefficient (Wildman–Crippen LogP) is -0.290. The van der Waals surface area contributed by atoms with Crippen LogP contribution in [0.4, 0.5) is 5.95 Å². The molecule has 2 aromatic heterocycles. The van der Waals surface area contributed by atoms with E-state index in [1.807, 2.05) is 6.92 Å². The van der Waals surface area contributed by atoms with Gasteiger partial charge in [0.1, 0.15) is 0 Å². The van der Waals surface area contributed by atoms with Gasteiger partial charge in [0.05, 0.1) is 6.42 Å². The van der Waals surface area contributed by atoms with Crippen molar-refractivity contribution in [2.45, 2.75) is 26.3 Å². The summed E-state index contributed by atoms with van der Waals surface area (Å²) in [5.74, 6) is -0.670. The third kappa shape index (κ3) is 2.71. The van der Waals surface area contributed by atoms with Crippen molar-refractivity contribution in [2.24, 2.45) is 0 Å². The molecular weight excluding hydrogens is 266 g/mol. The van der Waals surface area contributed by atoms with Crippen molar-refractivity contribution in [2.75, 3.05) is 11.9 Å². The van der Waals surface area contributed by atoms with E-state index in [0.717, 1.165) is 6.42 Å². The molecule has 0 amide bonds. The highest BCUT2D eigenvalue weighted by molar-refractivity contribution is 5.73. The van der Waals surface area contributed by atoms with Crippen molar-refractivity contribution in [1.29, 1.82) is 0 Å². The van der Waals surface area contributed by atoms with Gasteiger partial charge in [-0.3, -0.25) is 19.1 Å². The molecule has 108 valence electrons. The second kappa shape index (κ2) is 5.59. The van der Waals surface area contributed by atoms with Crippen molar-refractivity contribution < 1.29 is 9.90 Å². The minimum absolute atomic E-state index is 0.0742. The Labute approximate surface area is 112 Å². The molecule has 0 aliphatic carbocycles. The highest BCUT2D eigenvalue weighted by Gasteiger charge is 2.12. The van der Waals surface area contributed by atoms with Gasteiger partial charge in [-0.15, -0.1) is 0 Å². The number of imidazole rings is 1. The number of hydrogen-bond donors (Lipinski definition) is 4. The number of aromatic nitrogens is 4. The fourth-order valence-corrected chi connectivity index (χ4v) is 1.84. The lowest BCUT2D eigenvalue weighted by molar-refractivity contribution is -0.136. The molecule has 2 heterocycles. The third-order valence-corrected chi connectivity index (χ3v) is 2.71. The number of H-pyrrole nitrogens is 2. The number of aromatic amines is 2. The fraction of sp³-hybridized carbons (Fsp3) is 0.455. The zero-order chi connectivity index (χ0) is 14.7. The molecular formula is C11H15N5O4. The van der Waals surface area contributed by atoms with Crippen LogP contribution < -0.4 is 16.6 Å². The number of carboxylic acid groups (broad SMARTS) is 1. The molecule has 0 radical (unpaired) electrons. The predicted molar refractivity (Wildman–Crippen MR) is 72.0 cm³/mol. The number of aliphatic carboxylic acids is 1. The number of anilines is 1. The standard InChI is InChI=1S/C11H15N5O4/c1-2-5-16-8-7(9(19)15-11(16)20)13-10(14-8)12-4-3-6(17)18/h2-5H2,1H3,(H,17,18)(H2,12,13,14)(H,15,19,20). The molecule has 0 aromatic carbocycles. The van der Waals surface area contributed by atoms with Gasteiger partial charge in [-0.05, 0) is 6.42 Å². The van der Waals surface area contributed by atoms with Crippen LogP contribution in [0.15, 0.2) is 9.59 Å². The lowest BCUT2D eigenvalue weighted by Crippen LogP contribution is -2.30. The summed E-state index contributed by atoms with van der Waals surface area (Å²) in [7, 11) is 0. The van der Waals surface area contributed by atoms with E-state index in [0.29, 0.717) is 6.54 Å². The zero-order valence-electron chi connectivity index (χ0n) is 10.9. The maximum atomic E-state index is 11.7. The van der Waals surface area contributed by atoms with Crippen molar-refractivity contribution in [1.82, 2.24) is 19.5 Å². The van der Waals surface area contributed by atoms with Gasteiger partial charge in [-0.2, -0.15) is 4.98 Å². The Morgan fingerprint density at radius 2 is 2.15 bits per heavy atom. The number of carboxylic acids is 1. The summed E-state index contributed by atoms with van der Waals surface area (Å²) in [5, 5.41) is 11.3. The Balaban J connectivity index is 2.39. The molecule has 2 aromatic rings. The average Bonchev–Trinajstić information content (AvgIpc) is 2.78. The van der Waals surface area contributed by atoms with E-state index in [1.165, 1.54) is 4.57 Å². The van der Waals surface area contributed by atoms with Crippen LogP contribution in [0.25, 0.3) is 11.2 Å². The highest BCUT2D eigenvalue weighted by atomic mass is 16.4. The molecule has 0 saturated heterocycles. The van der Waals surface area contributed by atoms with Crippen LogP contribution in [0, 0.1) is 0 Å². The largest absolute Gasteiger partial charge is 0.481 e. The number of nitrogens with zero attached hydrogens (tertiary/aromatic N) is 2. The van der Waals surface area contributed by atoms with Gasteiger partial charge < -0.3 is 15.4 Å². The van der Waals surface area contributed by atoms with Crippen LogP contribution >= 0.6 is 0 Å². The Morgan fingerprint density at radius 3 is 2.80 bits per heavy atom. The average molecular weight is 281 g/mol. The van der Waals surface area contributed by atoms with Gasteiger partial charge >= 0.3 is 11.7 Å². The van der Waals surface area contributed by atoms with Crippen molar-refractivity contribution in [3.05, 3.63) is 20.8 Å². The molecule has 0 aliphatic rings. The summed E-state index contributed by atoms with van der Waals surface area (Å²) >= 11 is 0. The summed E-state index contributed by atoms with van der Waals surface area (Å²) in [6, 6.07) is 0. The van der Waals surface area contributed by atoms with E-state index in [2.05, 4.69) is 20.3 Å². The first-order valence-electron chi connectivity index (χ1n) is 6.21. The van der Waals surface area contributed by atoms with E-state index in [1.54, 1.807) is 0 Å². The van der Waals surface area contributed by atoms with Crippen LogP contribution in [-0.4, -0.2) is 37.1 Å². The topological polar surface area (TPSA) is 133 Å². The van der Waals surface area contributed by atoms with Gasteiger partial charge in [-0.25, -0.2) is 4.79 Å². The Bertz CT molecular complexity index is 741. The molecule has 0 unspecified atom stereocenters. The molecule has 20 heavy (non-hydrogen) atoms. The first kappa shape index (κ1) is 13.8. The zero-order valence-corrected chi connectivity index (χ0v) is 10.9. The second-order valence-electron chi connectivity index (χ2n) is 4.27. The van der Waals surface area contributed by atoms with Crippen LogP contribution in [0.2, 0.25) is 0 Å². The maximum Gasteiger partial charge on any atom is 0.330 e. The maximum absolute atomic E-state index is 11.7. The van der Waals surface area contributed by atoms with Crippen molar-refractivity contribution in [3.63, 3.8) is 0 Å². The first-order valence-corrected chi connectivity index (χ1v) is 6.21. The monoisotopic (exact) mass is 281 g/mol. The summed E-state index contributed by atoms with van der Waals surface area (Å²) < 4.78 is 1.37. The van der Waals surface area contributed by atoms with Gasteiger partial charge in [0.15, 0.2) is 11.2 Å². The minimum Gasteiger partial charge on any atom is -0.481 e. The SMILES string of the molecule is CCCn1c(=O)[nH]c(=O)c2[nH]c(NCCC(=O)O)nc21. The van der Waals surface area contributed by atoms with Gasteiger partial charge in [0.25, 0.3) is 5.56 Å². The quantitative estimate of drug-likeness (QED) is 0.575. The molecule has 9 nitrogen and oxygen atoms in total. The van der Waals surface area contributed by atoms with Gasteiger partial charge in [-0.1, -0.05) is 6.92 Å². The molecule has 0 atom stereocenters. The Hall–Kier alpha value is -2.58. The van der Waals surface area contributed by atoms with Crippen LogP contribution in [0.3, 0.4) is 0 Å². The molecule has 0 aliphatic heterocycles. The number of aryl methyl sites for hydroxylation is 1. The number of fused-ring (bicyclic) bond motifs is 1. The van der Waals surface area contributed by atoms with E-state index in [4.69, 9.17) is 5.11 Å². The first-order chi connectivity index (χ1) is 9.52. The molecule has 0 fully saturated rings. The lowest BCUT2D eigenvalue weighted by Gasteiger charge is -2.02. The van der Waals surface area contributed by atoms with E-state index in [9.17, 15) is 14.4 Å². The molecule has 9 heteroatoms. The number of hydrogen-bond acceptors (Lipinski definition) is 5. The number of nitrogens with one attached hydrogen (secondary N) is 3. The van der Waals surface area contributed by atoms with E-state index in [-0.39, 0.29) is 30.1 Å². The Morgan fingerprint density at radius 1 is 1.40 bits per heavy atom. The molecule has 4 N–H and O–H groups in total. The molecule has 0 spiro atoms. The third-order valence-electron chi connectivity index (χ3n) is 2.71. The highest BCUT2D eigenvalue weighted by Crippen LogP contribution is 2.09. The summed E-state index contributed by atoms with van der Waals surface area (Å²) in [6.45, 7) is 2.51. The number of carbonyl (C=O) groups is 1. The number of rotatable bonds is 6. The normalized spacial score (nSPS) is 10.8. The summed E-state index contributed by atoms with van der Waals surface area (Å²) in [6.07, 6.45) is 0.644. The van der Waals surface area contributed by atoms with Crippen molar-refractivity contribution in [3.8, 4) is 0 Å². The molecule has 0 bridgehead atoms. The molecule has 0 saturated carbocycles. The van der Waals surface area contributed by atoms with Crippen molar-refractivity contribution >= 4 is 23.1 Å².